The van der Waals surface area contributed by atoms with Gasteiger partial charge < -0.3 is 0 Å². The normalized spacial score (nSPS) is 13.2. The Labute approximate surface area is 309 Å². The van der Waals surface area contributed by atoms with E-state index in [0.717, 1.165) is 0 Å². The third-order valence-corrected chi connectivity index (χ3v) is 12.0. The molecule has 0 bridgehead atoms. The zero-order valence-electron chi connectivity index (χ0n) is 29.8. The molecule has 0 nitrogen and oxygen atoms in total. The summed E-state index contributed by atoms with van der Waals surface area (Å²) in [6.45, 7) is 4.87. The SMILES string of the molecule is CC1(C)c2cc(-c3cccc4ccccc34)c3ccccc3c2-c2c1cc(-c1c3ccccc3c(-c3ccccc3)c3ccccc13)c1ccccc21. The summed E-state index contributed by atoms with van der Waals surface area (Å²) in [6.07, 6.45) is 0. The van der Waals surface area contributed by atoms with E-state index in [1.807, 2.05) is 0 Å². The van der Waals surface area contributed by atoms with Gasteiger partial charge in [-0.25, -0.2) is 0 Å². The Morgan fingerprint density at radius 3 is 1.25 bits per heavy atom. The molecular formula is C53H36. The van der Waals surface area contributed by atoms with Crippen LogP contribution in [0.2, 0.25) is 0 Å². The summed E-state index contributed by atoms with van der Waals surface area (Å²) < 4.78 is 0. The topological polar surface area (TPSA) is 0 Å². The molecule has 0 aliphatic heterocycles. The van der Waals surface area contributed by atoms with Gasteiger partial charge in [-0.2, -0.15) is 0 Å². The number of fused-ring (bicyclic) bond motifs is 10. The van der Waals surface area contributed by atoms with E-state index in [0.29, 0.717) is 0 Å². The van der Waals surface area contributed by atoms with Gasteiger partial charge in [0.1, 0.15) is 0 Å². The lowest BCUT2D eigenvalue weighted by Crippen LogP contribution is -2.15. The second kappa shape index (κ2) is 11.2. The summed E-state index contributed by atoms with van der Waals surface area (Å²) in [4.78, 5) is 0. The fourth-order valence-electron chi connectivity index (χ4n) is 9.64. The first-order valence-corrected chi connectivity index (χ1v) is 18.7. The van der Waals surface area contributed by atoms with Crippen molar-refractivity contribution >= 4 is 53.9 Å². The van der Waals surface area contributed by atoms with Crippen molar-refractivity contribution in [2.24, 2.45) is 0 Å². The molecule has 0 amide bonds. The first kappa shape index (κ1) is 30.2. The minimum absolute atomic E-state index is 0.234. The van der Waals surface area contributed by atoms with Gasteiger partial charge >= 0.3 is 0 Å². The molecule has 10 aromatic rings. The molecule has 0 N–H and O–H groups in total. The fraction of sp³-hybridized carbons (Fsp3) is 0.0566. The van der Waals surface area contributed by atoms with Crippen molar-refractivity contribution in [3.05, 3.63) is 193 Å². The van der Waals surface area contributed by atoms with Crippen LogP contribution in [0.15, 0.2) is 182 Å². The minimum atomic E-state index is -0.234. The summed E-state index contributed by atoms with van der Waals surface area (Å²) in [7, 11) is 0. The van der Waals surface area contributed by atoms with Crippen LogP contribution in [-0.4, -0.2) is 0 Å². The van der Waals surface area contributed by atoms with Gasteiger partial charge in [0.2, 0.25) is 0 Å². The molecule has 0 spiro atoms. The van der Waals surface area contributed by atoms with E-state index >= 15 is 0 Å². The Kier molecular flexibility index (Phi) is 6.40. The Balaban J connectivity index is 1.26. The van der Waals surface area contributed by atoms with E-state index in [2.05, 4.69) is 196 Å². The Morgan fingerprint density at radius 1 is 0.283 bits per heavy atom. The molecule has 0 aromatic heterocycles. The summed E-state index contributed by atoms with van der Waals surface area (Å²) in [5, 5.41) is 12.9. The second-order valence-corrected chi connectivity index (χ2v) is 15.1. The van der Waals surface area contributed by atoms with Gasteiger partial charge in [-0.3, -0.25) is 0 Å². The zero-order chi connectivity index (χ0) is 35.3. The highest BCUT2D eigenvalue weighted by Crippen LogP contribution is 2.58. The highest BCUT2D eigenvalue weighted by atomic mass is 14.4. The highest BCUT2D eigenvalue weighted by Gasteiger charge is 2.39. The van der Waals surface area contributed by atoms with Crippen molar-refractivity contribution in [2.75, 3.05) is 0 Å². The number of hydrogen-bond acceptors (Lipinski definition) is 0. The molecule has 0 fully saturated rings. The smallest absolute Gasteiger partial charge is 0.0159 e. The van der Waals surface area contributed by atoms with Gasteiger partial charge in [-0.15, -0.1) is 0 Å². The largest absolute Gasteiger partial charge is 0.0622 e. The molecule has 0 unspecified atom stereocenters. The lowest BCUT2D eigenvalue weighted by atomic mass is 9.78. The van der Waals surface area contributed by atoms with Crippen molar-refractivity contribution in [1.82, 2.24) is 0 Å². The molecule has 0 saturated carbocycles. The monoisotopic (exact) mass is 672 g/mol. The van der Waals surface area contributed by atoms with E-state index in [9.17, 15) is 0 Å². The molecule has 0 radical (unpaired) electrons. The lowest BCUT2D eigenvalue weighted by Gasteiger charge is -2.25. The molecule has 0 heteroatoms. The van der Waals surface area contributed by atoms with Crippen LogP contribution in [-0.2, 0) is 5.41 Å². The standard InChI is InChI=1S/C53H36/c1-53(2)47-31-45(36-30-16-20-33-17-6-7-21-35(33)36)37-22-8-10-24-39(37)51(47)52-40-25-11-9-23-38(40)46(32-48(52)53)50-43-28-14-12-26-41(43)49(34-18-4-3-5-19-34)42-27-13-15-29-44(42)50/h3-32H,1-2H3. The molecule has 1 aliphatic rings. The third kappa shape index (κ3) is 4.24. The lowest BCUT2D eigenvalue weighted by molar-refractivity contribution is 0.661. The van der Waals surface area contributed by atoms with Crippen LogP contribution in [0.5, 0.6) is 0 Å². The summed E-state index contributed by atoms with van der Waals surface area (Å²) in [5.41, 5.74) is 13.0. The summed E-state index contributed by atoms with van der Waals surface area (Å²) in [5.74, 6) is 0. The number of rotatable bonds is 3. The van der Waals surface area contributed by atoms with Crippen LogP contribution in [0.1, 0.15) is 25.0 Å². The van der Waals surface area contributed by atoms with Crippen molar-refractivity contribution in [1.29, 1.82) is 0 Å². The van der Waals surface area contributed by atoms with Gasteiger partial charge in [0.05, 0.1) is 0 Å². The van der Waals surface area contributed by atoms with E-state index in [4.69, 9.17) is 0 Å². The van der Waals surface area contributed by atoms with Gasteiger partial charge in [-0.05, 0) is 122 Å². The van der Waals surface area contributed by atoms with Gasteiger partial charge in [-0.1, -0.05) is 184 Å². The van der Waals surface area contributed by atoms with E-state index < -0.39 is 0 Å². The van der Waals surface area contributed by atoms with Crippen LogP contribution in [0.25, 0.3) is 98.4 Å². The van der Waals surface area contributed by atoms with Crippen molar-refractivity contribution in [3.63, 3.8) is 0 Å². The Hall–Kier alpha value is -6.50. The van der Waals surface area contributed by atoms with Gasteiger partial charge in [0, 0.05) is 5.41 Å². The maximum Gasteiger partial charge on any atom is 0.0159 e. The van der Waals surface area contributed by atoms with Crippen LogP contribution >= 0.6 is 0 Å². The average molecular weight is 673 g/mol. The number of benzene rings is 10. The first-order chi connectivity index (χ1) is 26.1. The summed E-state index contributed by atoms with van der Waals surface area (Å²) >= 11 is 0. The van der Waals surface area contributed by atoms with Crippen LogP contribution in [0.4, 0.5) is 0 Å². The molecule has 1 aliphatic carbocycles. The molecule has 0 atom stereocenters. The predicted molar refractivity (Wildman–Crippen MR) is 228 cm³/mol. The second-order valence-electron chi connectivity index (χ2n) is 15.1. The molecule has 10 aromatic carbocycles. The van der Waals surface area contributed by atoms with E-state index in [1.54, 1.807) is 0 Å². The minimum Gasteiger partial charge on any atom is -0.0622 e. The molecule has 53 heavy (non-hydrogen) atoms. The third-order valence-electron chi connectivity index (χ3n) is 12.0. The predicted octanol–water partition coefficient (Wildman–Crippen LogP) is 14.8. The van der Waals surface area contributed by atoms with Crippen molar-refractivity contribution in [3.8, 4) is 44.5 Å². The molecule has 0 saturated heterocycles. The first-order valence-electron chi connectivity index (χ1n) is 18.7. The maximum absolute atomic E-state index is 2.56. The maximum atomic E-state index is 2.56. The summed E-state index contributed by atoms with van der Waals surface area (Å²) in [6, 6.07) is 67.8. The molecular weight excluding hydrogens is 637 g/mol. The molecule has 11 rings (SSSR count). The van der Waals surface area contributed by atoms with Crippen molar-refractivity contribution < 1.29 is 0 Å². The van der Waals surface area contributed by atoms with E-state index in [-0.39, 0.29) is 5.41 Å². The van der Waals surface area contributed by atoms with Crippen LogP contribution in [0.3, 0.4) is 0 Å². The number of hydrogen-bond donors (Lipinski definition) is 0. The zero-order valence-corrected chi connectivity index (χ0v) is 29.8. The van der Waals surface area contributed by atoms with E-state index in [1.165, 1.54) is 109 Å². The average Bonchev–Trinajstić information content (AvgIpc) is 3.45. The van der Waals surface area contributed by atoms with Crippen LogP contribution < -0.4 is 0 Å². The van der Waals surface area contributed by atoms with Gasteiger partial charge in [0.25, 0.3) is 0 Å². The Morgan fingerprint density at radius 2 is 0.679 bits per heavy atom. The molecule has 248 valence electrons. The Bertz CT molecular complexity index is 3060. The van der Waals surface area contributed by atoms with Crippen LogP contribution in [0, 0.1) is 0 Å². The fourth-order valence-corrected chi connectivity index (χ4v) is 9.64. The quantitative estimate of drug-likeness (QED) is 0.164. The highest BCUT2D eigenvalue weighted by molar-refractivity contribution is 6.25. The van der Waals surface area contributed by atoms with Crippen molar-refractivity contribution in [2.45, 2.75) is 19.3 Å². The molecule has 0 heterocycles. The van der Waals surface area contributed by atoms with Gasteiger partial charge in [0.15, 0.2) is 0 Å².